The van der Waals surface area contributed by atoms with Crippen LogP contribution in [-0.4, -0.2) is 5.84 Å². The van der Waals surface area contributed by atoms with E-state index in [2.05, 4.69) is 15.9 Å². The van der Waals surface area contributed by atoms with Gasteiger partial charge in [-0.25, -0.2) is 0 Å². The minimum Gasteiger partial charge on any atom is -0.457 e. The normalized spacial score (nSPS) is 10.1. The molecular formula is C14H13BrN2O. The molecule has 0 aliphatic rings. The lowest BCUT2D eigenvalue weighted by molar-refractivity contribution is 0.478. The van der Waals surface area contributed by atoms with Crippen molar-refractivity contribution in [1.82, 2.24) is 0 Å². The van der Waals surface area contributed by atoms with E-state index in [9.17, 15) is 0 Å². The molecule has 0 amide bonds. The van der Waals surface area contributed by atoms with E-state index in [1.807, 2.05) is 43.3 Å². The average molecular weight is 305 g/mol. The molecule has 3 N–H and O–H groups in total. The standard InChI is InChI=1S/C14H13BrN2O/c1-9-7-10(14(16)17)5-6-13(9)18-12-4-2-3-11(15)8-12/h2-8H,1H3,(H3,16,17). The monoisotopic (exact) mass is 304 g/mol. The van der Waals surface area contributed by atoms with Crippen molar-refractivity contribution in [2.75, 3.05) is 0 Å². The van der Waals surface area contributed by atoms with Crippen molar-refractivity contribution in [2.45, 2.75) is 6.92 Å². The van der Waals surface area contributed by atoms with Gasteiger partial charge in [-0.15, -0.1) is 0 Å². The van der Waals surface area contributed by atoms with Crippen LogP contribution in [-0.2, 0) is 0 Å². The van der Waals surface area contributed by atoms with Gasteiger partial charge in [0, 0.05) is 10.0 Å². The van der Waals surface area contributed by atoms with Crippen molar-refractivity contribution in [3.8, 4) is 11.5 Å². The summed E-state index contributed by atoms with van der Waals surface area (Å²) >= 11 is 3.40. The summed E-state index contributed by atoms with van der Waals surface area (Å²) in [7, 11) is 0. The second kappa shape index (κ2) is 5.23. The van der Waals surface area contributed by atoms with Crippen molar-refractivity contribution >= 4 is 21.8 Å². The highest BCUT2D eigenvalue weighted by molar-refractivity contribution is 9.10. The quantitative estimate of drug-likeness (QED) is 0.668. The first-order chi connectivity index (χ1) is 8.56. The Morgan fingerprint density at radius 1 is 1.22 bits per heavy atom. The van der Waals surface area contributed by atoms with Gasteiger partial charge >= 0.3 is 0 Å². The summed E-state index contributed by atoms with van der Waals surface area (Å²) in [5.74, 6) is 1.59. The molecule has 92 valence electrons. The maximum Gasteiger partial charge on any atom is 0.130 e. The third kappa shape index (κ3) is 2.90. The summed E-state index contributed by atoms with van der Waals surface area (Å²) in [5, 5.41) is 7.38. The SMILES string of the molecule is Cc1cc(C(=N)N)ccc1Oc1cccc(Br)c1. The minimum atomic E-state index is 0.0621. The maximum atomic E-state index is 7.38. The smallest absolute Gasteiger partial charge is 0.130 e. The van der Waals surface area contributed by atoms with E-state index in [-0.39, 0.29) is 5.84 Å². The van der Waals surface area contributed by atoms with Crippen LogP contribution in [0.25, 0.3) is 0 Å². The molecule has 0 unspecified atom stereocenters. The molecule has 0 fully saturated rings. The van der Waals surface area contributed by atoms with Gasteiger partial charge < -0.3 is 10.5 Å². The summed E-state index contributed by atoms with van der Waals surface area (Å²) in [6.07, 6.45) is 0. The zero-order valence-electron chi connectivity index (χ0n) is 9.91. The predicted octanol–water partition coefficient (Wildman–Crippen LogP) is 3.83. The van der Waals surface area contributed by atoms with Gasteiger partial charge in [-0.1, -0.05) is 22.0 Å². The number of nitrogens with two attached hydrogens (primary N) is 1. The van der Waals surface area contributed by atoms with Crippen molar-refractivity contribution in [1.29, 1.82) is 5.41 Å². The highest BCUT2D eigenvalue weighted by atomic mass is 79.9. The number of halogens is 1. The third-order valence-electron chi connectivity index (χ3n) is 2.51. The molecule has 0 aliphatic carbocycles. The molecule has 0 heterocycles. The molecule has 2 rings (SSSR count). The molecule has 0 spiro atoms. The molecule has 0 aromatic heterocycles. The molecular weight excluding hydrogens is 292 g/mol. The fraction of sp³-hybridized carbons (Fsp3) is 0.0714. The number of nitrogens with one attached hydrogen (secondary N) is 1. The van der Waals surface area contributed by atoms with E-state index in [1.165, 1.54) is 0 Å². The van der Waals surface area contributed by atoms with E-state index in [1.54, 1.807) is 6.07 Å². The summed E-state index contributed by atoms with van der Waals surface area (Å²) in [4.78, 5) is 0. The number of nitrogen functional groups attached to an aromatic ring is 1. The summed E-state index contributed by atoms with van der Waals surface area (Å²) in [5.41, 5.74) is 7.09. The highest BCUT2D eigenvalue weighted by Crippen LogP contribution is 2.27. The van der Waals surface area contributed by atoms with Crippen LogP contribution in [0.5, 0.6) is 11.5 Å². The molecule has 0 saturated heterocycles. The topological polar surface area (TPSA) is 59.1 Å². The Bertz CT molecular complexity index is 596. The molecule has 0 atom stereocenters. The molecule has 2 aromatic carbocycles. The number of ether oxygens (including phenoxy) is 1. The molecule has 3 nitrogen and oxygen atoms in total. The van der Waals surface area contributed by atoms with E-state index < -0.39 is 0 Å². The number of aryl methyl sites for hydroxylation is 1. The van der Waals surface area contributed by atoms with Crippen LogP contribution in [0.15, 0.2) is 46.9 Å². The Labute approximate surface area is 114 Å². The first kappa shape index (κ1) is 12.6. The fourth-order valence-electron chi connectivity index (χ4n) is 1.59. The largest absolute Gasteiger partial charge is 0.457 e. The lowest BCUT2D eigenvalue weighted by atomic mass is 10.1. The van der Waals surface area contributed by atoms with Gasteiger partial charge in [0.15, 0.2) is 0 Å². The Morgan fingerprint density at radius 2 is 2.00 bits per heavy atom. The Morgan fingerprint density at radius 3 is 2.61 bits per heavy atom. The molecule has 0 saturated carbocycles. The third-order valence-corrected chi connectivity index (χ3v) is 3.00. The van der Waals surface area contributed by atoms with Crippen molar-refractivity contribution in [3.05, 3.63) is 58.1 Å². The zero-order valence-corrected chi connectivity index (χ0v) is 11.5. The maximum absolute atomic E-state index is 7.38. The number of hydrogen-bond donors (Lipinski definition) is 2. The van der Waals surface area contributed by atoms with Gasteiger partial charge in [-0.05, 0) is 48.9 Å². The number of benzene rings is 2. The molecule has 4 heteroatoms. The van der Waals surface area contributed by atoms with Crippen molar-refractivity contribution in [3.63, 3.8) is 0 Å². The van der Waals surface area contributed by atoms with Crippen molar-refractivity contribution in [2.24, 2.45) is 5.73 Å². The molecule has 0 bridgehead atoms. The van der Waals surface area contributed by atoms with E-state index in [0.29, 0.717) is 5.56 Å². The van der Waals surface area contributed by atoms with Gasteiger partial charge in [0.2, 0.25) is 0 Å². The predicted molar refractivity (Wildman–Crippen MR) is 76.4 cm³/mol. The summed E-state index contributed by atoms with van der Waals surface area (Å²) in [6.45, 7) is 1.93. The fourth-order valence-corrected chi connectivity index (χ4v) is 1.97. The van der Waals surface area contributed by atoms with Crippen LogP contribution in [0.4, 0.5) is 0 Å². The molecule has 0 radical (unpaired) electrons. The van der Waals surface area contributed by atoms with Gasteiger partial charge in [-0.2, -0.15) is 0 Å². The minimum absolute atomic E-state index is 0.0621. The van der Waals surface area contributed by atoms with E-state index >= 15 is 0 Å². The molecule has 18 heavy (non-hydrogen) atoms. The lowest BCUT2D eigenvalue weighted by Gasteiger charge is -2.10. The van der Waals surface area contributed by atoms with Gasteiger partial charge in [0.05, 0.1) is 0 Å². The molecule has 0 aliphatic heterocycles. The van der Waals surface area contributed by atoms with Crippen LogP contribution < -0.4 is 10.5 Å². The first-order valence-corrected chi connectivity index (χ1v) is 6.24. The van der Waals surface area contributed by atoms with Crippen LogP contribution in [0.2, 0.25) is 0 Å². The van der Waals surface area contributed by atoms with Crippen LogP contribution in [0, 0.1) is 12.3 Å². The first-order valence-electron chi connectivity index (χ1n) is 5.45. The van der Waals surface area contributed by atoms with Crippen molar-refractivity contribution < 1.29 is 4.74 Å². The van der Waals surface area contributed by atoms with Crippen LogP contribution in [0.1, 0.15) is 11.1 Å². The number of rotatable bonds is 3. The van der Waals surface area contributed by atoms with Gasteiger partial charge in [0.1, 0.15) is 17.3 Å². The summed E-state index contributed by atoms with van der Waals surface area (Å²) in [6, 6.07) is 13.1. The van der Waals surface area contributed by atoms with Gasteiger partial charge in [-0.3, -0.25) is 5.41 Å². The van der Waals surface area contributed by atoms with Gasteiger partial charge in [0.25, 0.3) is 0 Å². The average Bonchev–Trinajstić information content (AvgIpc) is 2.31. The lowest BCUT2D eigenvalue weighted by Crippen LogP contribution is -2.11. The van der Waals surface area contributed by atoms with Crippen LogP contribution >= 0.6 is 15.9 Å². The second-order valence-corrected chi connectivity index (χ2v) is 4.87. The van der Waals surface area contributed by atoms with E-state index in [0.717, 1.165) is 21.5 Å². The number of amidine groups is 1. The summed E-state index contributed by atoms with van der Waals surface area (Å²) < 4.78 is 6.75. The molecule has 2 aromatic rings. The second-order valence-electron chi connectivity index (χ2n) is 3.95. The Hall–Kier alpha value is -1.81. The zero-order chi connectivity index (χ0) is 13.1. The van der Waals surface area contributed by atoms with E-state index in [4.69, 9.17) is 15.9 Å². The highest BCUT2D eigenvalue weighted by Gasteiger charge is 2.04. The Balaban J connectivity index is 2.27. The number of hydrogen-bond acceptors (Lipinski definition) is 2. The Kier molecular flexibility index (Phi) is 3.67. The van der Waals surface area contributed by atoms with Crippen LogP contribution in [0.3, 0.4) is 0 Å².